The van der Waals surface area contributed by atoms with E-state index in [4.69, 9.17) is 17.3 Å². The summed E-state index contributed by atoms with van der Waals surface area (Å²) in [6, 6.07) is 11.3. The summed E-state index contributed by atoms with van der Waals surface area (Å²) in [5, 5.41) is 0.610. The van der Waals surface area contributed by atoms with Crippen LogP contribution in [0.3, 0.4) is 0 Å². The number of nitrogen functional groups attached to an aromatic ring is 1. The standard InChI is InChI=1S/C16H14ClIN2O/c17-13-8-11(4-5-14(13)18)16(21)20-7-6-10-2-1-3-15(19)12(10)9-20/h1-5,8H,6-7,9,19H2. The zero-order chi connectivity index (χ0) is 15.0. The van der Waals surface area contributed by atoms with Gasteiger partial charge in [0.2, 0.25) is 0 Å². The minimum absolute atomic E-state index is 0.00204. The maximum atomic E-state index is 12.6. The molecule has 1 heterocycles. The lowest BCUT2D eigenvalue weighted by molar-refractivity contribution is 0.0735. The molecule has 0 atom stereocenters. The number of nitrogens with zero attached hydrogens (tertiary/aromatic N) is 1. The molecule has 0 bridgehead atoms. The van der Waals surface area contributed by atoms with Crippen molar-refractivity contribution >= 4 is 45.8 Å². The average molecular weight is 413 g/mol. The lowest BCUT2D eigenvalue weighted by Crippen LogP contribution is -2.36. The monoisotopic (exact) mass is 412 g/mol. The van der Waals surface area contributed by atoms with E-state index in [1.54, 1.807) is 6.07 Å². The van der Waals surface area contributed by atoms with Gasteiger partial charge in [-0.3, -0.25) is 4.79 Å². The zero-order valence-corrected chi connectivity index (χ0v) is 14.2. The van der Waals surface area contributed by atoms with Gasteiger partial charge in [-0.1, -0.05) is 23.7 Å². The van der Waals surface area contributed by atoms with Crippen molar-refractivity contribution in [3.63, 3.8) is 0 Å². The summed E-state index contributed by atoms with van der Waals surface area (Å²) in [4.78, 5) is 14.4. The van der Waals surface area contributed by atoms with Crippen LogP contribution in [0.15, 0.2) is 36.4 Å². The van der Waals surface area contributed by atoms with Crippen LogP contribution in [0.1, 0.15) is 21.5 Å². The smallest absolute Gasteiger partial charge is 0.254 e. The first-order valence-electron chi connectivity index (χ1n) is 6.67. The fraction of sp³-hybridized carbons (Fsp3) is 0.188. The lowest BCUT2D eigenvalue weighted by atomic mass is 9.97. The Kier molecular flexibility index (Phi) is 4.08. The van der Waals surface area contributed by atoms with Crippen LogP contribution in [0, 0.1) is 3.57 Å². The second-order valence-electron chi connectivity index (χ2n) is 5.09. The highest BCUT2D eigenvalue weighted by Gasteiger charge is 2.23. The van der Waals surface area contributed by atoms with Crippen LogP contribution < -0.4 is 5.73 Å². The predicted octanol–water partition coefficient (Wildman–Crippen LogP) is 3.73. The first-order chi connectivity index (χ1) is 10.1. The molecule has 0 fully saturated rings. The first-order valence-corrected chi connectivity index (χ1v) is 8.12. The number of benzene rings is 2. The van der Waals surface area contributed by atoms with Crippen LogP contribution in [-0.2, 0) is 13.0 Å². The number of hydrogen-bond donors (Lipinski definition) is 1. The van der Waals surface area contributed by atoms with Crippen molar-refractivity contribution in [3.05, 3.63) is 61.7 Å². The molecule has 3 rings (SSSR count). The maximum Gasteiger partial charge on any atom is 0.254 e. The molecule has 1 amide bonds. The van der Waals surface area contributed by atoms with Crippen molar-refractivity contribution in [1.82, 2.24) is 4.90 Å². The van der Waals surface area contributed by atoms with Crippen molar-refractivity contribution in [2.75, 3.05) is 12.3 Å². The van der Waals surface area contributed by atoms with Gasteiger partial charge in [0.15, 0.2) is 0 Å². The van der Waals surface area contributed by atoms with Gasteiger partial charge in [-0.15, -0.1) is 0 Å². The molecule has 2 N–H and O–H groups in total. The number of anilines is 1. The minimum Gasteiger partial charge on any atom is -0.398 e. The third-order valence-corrected chi connectivity index (χ3v) is 5.34. The van der Waals surface area contributed by atoms with Crippen LogP contribution in [-0.4, -0.2) is 17.4 Å². The zero-order valence-electron chi connectivity index (χ0n) is 11.3. The summed E-state index contributed by atoms with van der Waals surface area (Å²) in [5.41, 5.74) is 9.70. The molecule has 0 saturated heterocycles. The van der Waals surface area contributed by atoms with E-state index < -0.39 is 0 Å². The first kappa shape index (κ1) is 14.7. The second kappa shape index (κ2) is 5.85. The van der Waals surface area contributed by atoms with E-state index in [2.05, 4.69) is 28.7 Å². The number of rotatable bonds is 1. The molecule has 0 spiro atoms. The van der Waals surface area contributed by atoms with Crippen LogP contribution >= 0.6 is 34.2 Å². The molecule has 5 heteroatoms. The highest BCUT2D eigenvalue weighted by molar-refractivity contribution is 14.1. The Morgan fingerprint density at radius 3 is 2.86 bits per heavy atom. The van der Waals surface area contributed by atoms with Gasteiger partial charge in [0.05, 0.1) is 5.02 Å². The molecule has 0 aliphatic carbocycles. The summed E-state index contributed by atoms with van der Waals surface area (Å²) in [6.07, 6.45) is 0.838. The number of fused-ring (bicyclic) bond motifs is 1. The SMILES string of the molecule is Nc1cccc2c1CN(C(=O)c1ccc(I)c(Cl)c1)CC2. The third-order valence-electron chi connectivity index (χ3n) is 3.76. The average Bonchev–Trinajstić information content (AvgIpc) is 2.49. The molecule has 1 aliphatic heterocycles. The van der Waals surface area contributed by atoms with Gasteiger partial charge in [-0.25, -0.2) is 0 Å². The van der Waals surface area contributed by atoms with Gasteiger partial charge in [-0.05, 0) is 64.4 Å². The molecule has 0 saturated carbocycles. The number of carbonyl (C=O) groups is 1. The van der Waals surface area contributed by atoms with Gasteiger partial charge in [0.25, 0.3) is 5.91 Å². The Balaban J connectivity index is 1.87. The van der Waals surface area contributed by atoms with E-state index in [0.717, 1.165) is 21.2 Å². The molecule has 2 aromatic rings. The summed E-state index contributed by atoms with van der Waals surface area (Å²) in [7, 11) is 0. The minimum atomic E-state index is 0.00204. The summed E-state index contributed by atoms with van der Waals surface area (Å²) in [6.45, 7) is 1.27. The fourth-order valence-corrected chi connectivity index (χ4v) is 3.11. The van der Waals surface area contributed by atoms with Crippen molar-refractivity contribution in [2.24, 2.45) is 0 Å². The van der Waals surface area contributed by atoms with Gasteiger partial charge >= 0.3 is 0 Å². The Labute approximate surface area is 142 Å². The second-order valence-corrected chi connectivity index (χ2v) is 6.66. The van der Waals surface area contributed by atoms with E-state index in [0.29, 0.717) is 23.7 Å². The molecule has 2 aromatic carbocycles. The van der Waals surface area contributed by atoms with Crippen LogP contribution in [0.2, 0.25) is 5.02 Å². The summed E-state index contributed by atoms with van der Waals surface area (Å²) in [5.74, 6) is 0.00204. The van der Waals surface area contributed by atoms with E-state index in [-0.39, 0.29) is 5.91 Å². The van der Waals surface area contributed by atoms with Crippen molar-refractivity contribution < 1.29 is 4.79 Å². The van der Waals surface area contributed by atoms with E-state index in [1.165, 1.54) is 5.56 Å². The molecule has 3 nitrogen and oxygen atoms in total. The summed E-state index contributed by atoms with van der Waals surface area (Å²) < 4.78 is 0.944. The Bertz CT molecular complexity index is 717. The largest absolute Gasteiger partial charge is 0.398 e. The molecule has 1 aliphatic rings. The topological polar surface area (TPSA) is 46.3 Å². The molecular formula is C16H14ClIN2O. The lowest BCUT2D eigenvalue weighted by Gasteiger charge is -2.30. The molecule has 0 aromatic heterocycles. The van der Waals surface area contributed by atoms with Gasteiger partial charge in [0, 0.05) is 27.9 Å². The number of carbonyl (C=O) groups excluding carboxylic acids is 1. The fourth-order valence-electron chi connectivity index (χ4n) is 2.59. The Hall–Kier alpha value is -1.27. The van der Waals surface area contributed by atoms with Gasteiger partial charge in [0.1, 0.15) is 0 Å². The quantitative estimate of drug-likeness (QED) is 0.573. The van der Waals surface area contributed by atoms with Crippen molar-refractivity contribution in [2.45, 2.75) is 13.0 Å². The van der Waals surface area contributed by atoms with Crippen LogP contribution in [0.4, 0.5) is 5.69 Å². The Morgan fingerprint density at radius 2 is 2.10 bits per heavy atom. The van der Waals surface area contributed by atoms with Crippen molar-refractivity contribution in [3.8, 4) is 0 Å². The van der Waals surface area contributed by atoms with E-state index in [9.17, 15) is 4.79 Å². The predicted molar refractivity (Wildman–Crippen MR) is 93.5 cm³/mol. The molecule has 21 heavy (non-hydrogen) atoms. The maximum absolute atomic E-state index is 12.6. The van der Waals surface area contributed by atoms with E-state index in [1.807, 2.05) is 29.2 Å². The number of hydrogen-bond acceptors (Lipinski definition) is 2. The molecular weight excluding hydrogens is 399 g/mol. The van der Waals surface area contributed by atoms with Crippen molar-refractivity contribution in [1.29, 1.82) is 0 Å². The number of nitrogens with two attached hydrogens (primary N) is 1. The molecule has 0 unspecified atom stereocenters. The normalized spacial score (nSPS) is 13.9. The van der Waals surface area contributed by atoms with Gasteiger partial charge in [-0.2, -0.15) is 0 Å². The van der Waals surface area contributed by atoms with Crippen LogP contribution in [0.25, 0.3) is 0 Å². The van der Waals surface area contributed by atoms with Gasteiger partial charge < -0.3 is 10.6 Å². The molecule has 108 valence electrons. The molecule has 0 radical (unpaired) electrons. The highest BCUT2D eigenvalue weighted by atomic mass is 127. The number of amides is 1. The highest BCUT2D eigenvalue weighted by Crippen LogP contribution is 2.26. The number of halogens is 2. The summed E-state index contributed by atoms with van der Waals surface area (Å²) >= 11 is 8.26. The third kappa shape index (κ3) is 2.87. The van der Waals surface area contributed by atoms with E-state index >= 15 is 0 Å². The van der Waals surface area contributed by atoms with Crippen LogP contribution in [0.5, 0.6) is 0 Å². The Morgan fingerprint density at radius 1 is 1.29 bits per heavy atom.